The quantitative estimate of drug-likeness (QED) is 0.800. The van der Waals surface area contributed by atoms with E-state index in [1.807, 2.05) is 0 Å². The van der Waals surface area contributed by atoms with Crippen LogP contribution in [-0.4, -0.2) is 49.2 Å². The number of aromatic nitrogens is 2. The fourth-order valence-corrected chi connectivity index (χ4v) is 3.96. The molecule has 0 aliphatic carbocycles. The highest BCUT2D eigenvalue weighted by Gasteiger charge is 2.23. The molecule has 8 nitrogen and oxygen atoms in total. The van der Waals surface area contributed by atoms with Crippen LogP contribution in [-0.2, 0) is 22.0 Å². The molecule has 3 rings (SSSR count). The lowest BCUT2D eigenvalue weighted by atomic mass is 10.1. The Morgan fingerprint density at radius 2 is 1.85 bits per heavy atom. The first kappa shape index (κ1) is 19.3. The number of nitrogens with zero attached hydrogens (tertiary/aromatic N) is 3. The van der Waals surface area contributed by atoms with E-state index in [1.165, 1.54) is 24.3 Å². The van der Waals surface area contributed by atoms with E-state index in [2.05, 4.69) is 15.5 Å². The third kappa shape index (κ3) is 5.25. The van der Waals surface area contributed by atoms with Crippen LogP contribution in [0.25, 0.3) is 0 Å². The van der Waals surface area contributed by atoms with Gasteiger partial charge in [-0.15, -0.1) is 5.10 Å². The van der Waals surface area contributed by atoms with Gasteiger partial charge in [0.15, 0.2) is 0 Å². The van der Waals surface area contributed by atoms with Crippen LogP contribution in [0, 0.1) is 5.82 Å². The minimum Gasteiger partial charge on any atom is -0.412 e. The first-order valence-electron chi connectivity index (χ1n) is 8.76. The smallest absolute Gasteiger partial charge is 0.335 e. The van der Waals surface area contributed by atoms with Crippen molar-refractivity contribution >= 4 is 15.9 Å². The number of urea groups is 1. The molecule has 146 valence electrons. The summed E-state index contributed by atoms with van der Waals surface area (Å²) in [6, 6.07) is 5.02. The molecule has 0 unspecified atom stereocenters. The normalized spacial score (nSPS) is 14.9. The summed E-state index contributed by atoms with van der Waals surface area (Å²) in [7, 11) is -3.82. The summed E-state index contributed by atoms with van der Waals surface area (Å²) in [5.41, 5.74) is 0.421. The van der Waals surface area contributed by atoms with Crippen molar-refractivity contribution in [2.45, 2.75) is 36.7 Å². The van der Waals surface area contributed by atoms with Crippen molar-refractivity contribution in [3.05, 3.63) is 41.5 Å². The highest BCUT2D eigenvalue weighted by Crippen LogP contribution is 2.16. The van der Waals surface area contributed by atoms with Gasteiger partial charge >= 0.3 is 11.3 Å². The minimum atomic E-state index is -3.82. The number of rotatable bonds is 6. The van der Waals surface area contributed by atoms with E-state index >= 15 is 0 Å². The Morgan fingerprint density at radius 3 is 2.56 bits per heavy atom. The predicted molar refractivity (Wildman–Crippen MR) is 94.1 cm³/mol. The Hall–Kier alpha value is -2.49. The molecule has 1 aliphatic heterocycles. The fraction of sp³-hybridized carbons (Fsp3) is 0.471. The van der Waals surface area contributed by atoms with E-state index in [1.54, 1.807) is 4.90 Å². The van der Waals surface area contributed by atoms with Gasteiger partial charge in [-0.3, -0.25) is 0 Å². The lowest BCUT2D eigenvalue weighted by Gasteiger charge is -2.26. The van der Waals surface area contributed by atoms with Crippen molar-refractivity contribution in [1.82, 2.24) is 20.4 Å². The lowest BCUT2D eigenvalue weighted by molar-refractivity contribution is 0.186. The van der Waals surface area contributed by atoms with Crippen molar-refractivity contribution in [3.8, 4) is 0 Å². The van der Waals surface area contributed by atoms with E-state index in [0.29, 0.717) is 5.56 Å². The largest absolute Gasteiger partial charge is 0.412 e. The van der Waals surface area contributed by atoms with Gasteiger partial charge in [0, 0.05) is 26.1 Å². The summed E-state index contributed by atoms with van der Waals surface area (Å²) in [6.45, 7) is 1.77. The van der Waals surface area contributed by atoms with Crippen LogP contribution < -0.4 is 5.32 Å². The monoisotopic (exact) mass is 396 g/mol. The molecule has 0 bridgehead atoms. The first-order valence-corrected chi connectivity index (χ1v) is 10.4. The molecule has 0 saturated carbocycles. The maximum Gasteiger partial charge on any atom is 0.335 e. The number of hydrogen-bond donors (Lipinski definition) is 1. The molecule has 10 heteroatoms. The molecule has 1 aliphatic rings. The average molecular weight is 396 g/mol. The molecule has 1 fully saturated rings. The number of carbonyl (C=O) groups excluding carboxylic acids is 1. The third-order valence-electron chi connectivity index (χ3n) is 4.24. The molecule has 0 spiro atoms. The van der Waals surface area contributed by atoms with Gasteiger partial charge in [-0.1, -0.05) is 17.2 Å². The summed E-state index contributed by atoms with van der Waals surface area (Å²) >= 11 is 0. The van der Waals surface area contributed by atoms with Crippen LogP contribution >= 0.6 is 0 Å². The molecule has 0 radical (unpaired) electrons. The Kier molecular flexibility index (Phi) is 6.04. The van der Waals surface area contributed by atoms with Crippen LogP contribution in [0.3, 0.4) is 0 Å². The van der Waals surface area contributed by atoms with Crippen LogP contribution in [0.1, 0.15) is 30.7 Å². The second-order valence-corrected chi connectivity index (χ2v) is 8.24. The fourth-order valence-electron chi connectivity index (χ4n) is 2.81. The number of likely N-dealkylation sites (tertiary alicyclic amines) is 1. The maximum absolute atomic E-state index is 12.9. The highest BCUT2D eigenvalue weighted by molar-refractivity contribution is 7.90. The number of amides is 2. The Morgan fingerprint density at radius 1 is 1.15 bits per heavy atom. The van der Waals surface area contributed by atoms with Crippen molar-refractivity contribution in [1.29, 1.82) is 0 Å². The summed E-state index contributed by atoms with van der Waals surface area (Å²) in [6.07, 6.45) is 3.39. The predicted octanol–water partition coefficient (Wildman–Crippen LogP) is 1.92. The summed E-state index contributed by atoms with van der Waals surface area (Å²) in [5, 5.41) is 9.60. The first-order chi connectivity index (χ1) is 12.9. The topological polar surface area (TPSA) is 105 Å². The second-order valence-electron chi connectivity index (χ2n) is 6.38. The lowest BCUT2D eigenvalue weighted by Crippen LogP contribution is -2.43. The number of carbonyl (C=O) groups is 1. The van der Waals surface area contributed by atoms with Crippen molar-refractivity contribution < 1.29 is 22.0 Å². The molecule has 2 heterocycles. The van der Waals surface area contributed by atoms with E-state index < -0.39 is 20.9 Å². The summed E-state index contributed by atoms with van der Waals surface area (Å²) < 4.78 is 42.8. The number of halogens is 1. The number of piperidine rings is 1. The van der Waals surface area contributed by atoms with Gasteiger partial charge in [0.25, 0.3) is 0 Å². The zero-order valence-electron chi connectivity index (χ0n) is 14.7. The zero-order valence-corrected chi connectivity index (χ0v) is 15.5. The van der Waals surface area contributed by atoms with Gasteiger partial charge < -0.3 is 14.6 Å². The van der Waals surface area contributed by atoms with E-state index in [4.69, 9.17) is 4.42 Å². The van der Waals surface area contributed by atoms with Crippen molar-refractivity contribution in [2.75, 3.05) is 19.6 Å². The number of hydrogen-bond acceptors (Lipinski definition) is 6. The molecule has 2 amide bonds. The third-order valence-corrected chi connectivity index (χ3v) is 5.65. The molecular weight excluding hydrogens is 375 g/mol. The molecule has 1 saturated heterocycles. The number of nitrogens with one attached hydrogen (secondary N) is 1. The summed E-state index contributed by atoms with van der Waals surface area (Å²) in [5.74, 6) is -0.671. The van der Waals surface area contributed by atoms with Gasteiger partial charge in [0.2, 0.25) is 15.7 Å². The number of sulfone groups is 1. The zero-order chi connectivity index (χ0) is 19.3. The van der Waals surface area contributed by atoms with Gasteiger partial charge in [-0.2, -0.15) is 0 Å². The standard InChI is InChI=1S/C17H21FN4O4S/c18-14-6-4-13(5-7-14)12-27(24,25)17-21-20-15(26-17)8-9-19-16(23)22-10-2-1-3-11-22/h4-7H,1-3,8-12H2,(H,19,23). The molecule has 27 heavy (non-hydrogen) atoms. The van der Waals surface area contributed by atoms with E-state index in [9.17, 15) is 17.6 Å². The molecule has 2 aromatic rings. The van der Waals surface area contributed by atoms with E-state index in [0.717, 1.165) is 32.4 Å². The van der Waals surface area contributed by atoms with Crippen LogP contribution in [0.2, 0.25) is 0 Å². The van der Waals surface area contributed by atoms with Gasteiger partial charge in [0.1, 0.15) is 5.82 Å². The average Bonchev–Trinajstić information content (AvgIpc) is 3.14. The van der Waals surface area contributed by atoms with E-state index in [-0.39, 0.29) is 30.6 Å². The van der Waals surface area contributed by atoms with Gasteiger partial charge in [-0.25, -0.2) is 17.6 Å². The molecular formula is C17H21FN4O4S. The van der Waals surface area contributed by atoms with Gasteiger partial charge in [-0.05, 0) is 37.0 Å². The van der Waals surface area contributed by atoms with Gasteiger partial charge in [0.05, 0.1) is 5.75 Å². The Labute approximate surface area is 156 Å². The second kappa shape index (κ2) is 8.47. The van der Waals surface area contributed by atoms with Crippen LogP contribution in [0.15, 0.2) is 33.9 Å². The molecule has 1 aromatic carbocycles. The van der Waals surface area contributed by atoms with Crippen LogP contribution in [0.5, 0.6) is 0 Å². The summed E-state index contributed by atoms with van der Waals surface area (Å²) in [4.78, 5) is 13.8. The highest BCUT2D eigenvalue weighted by atomic mass is 32.2. The SMILES string of the molecule is O=C(NCCc1nnc(S(=O)(=O)Cc2ccc(F)cc2)o1)N1CCCCC1. The molecule has 1 aromatic heterocycles. The van der Waals surface area contributed by atoms with Crippen molar-refractivity contribution in [2.24, 2.45) is 0 Å². The molecule has 1 N–H and O–H groups in total. The van der Waals surface area contributed by atoms with Crippen LogP contribution in [0.4, 0.5) is 9.18 Å². The minimum absolute atomic E-state index is 0.131. The maximum atomic E-state index is 12.9. The number of benzene rings is 1. The Bertz CT molecular complexity index is 877. The molecule has 0 atom stereocenters. The Balaban J connectivity index is 1.52. The van der Waals surface area contributed by atoms with Crippen molar-refractivity contribution in [3.63, 3.8) is 0 Å².